The number of nitrogens with one attached hydrogen (secondary N) is 1. The van der Waals surface area contributed by atoms with Crippen molar-refractivity contribution in [2.24, 2.45) is 0 Å². The first-order chi connectivity index (χ1) is 12.3. The van der Waals surface area contributed by atoms with Crippen molar-refractivity contribution in [2.45, 2.75) is 20.4 Å². The Hall–Kier alpha value is -2.96. The molecule has 1 heterocycles. The third-order valence-corrected chi connectivity index (χ3v) is 4.29. The van der Waals surface area contributed by atoms with Crippen molar-refractivity contribution in [1.29, 1.82) is 0 Å². The van der Waals surface area contributed by atoms with Crippen LogP contribution < -0.4 is 9.47 Å². The summed E-state index contributed by atoms with van der Waals surface area (Å²) in [6.45, 7) is 3.81. The molecule has 0 atom stereocenters. The monoisotopic (exact) mass is 360 g/mol. The predicted molar refractivity (Wildman–Crippen MR) is 96.9 cm³/mol. The Morgan fingerprint density at radius 1 is 1.12 bits per heavy atom. The minimum Gasteiger partial charge on any atom is -0.497 e. The molecule has 7 nitrogen and oxygen atoms in total. The van der Waals surface area contributed by atoms with Crippen molar-refractivity contribution in [3.63, 3.8) is 0 Å². The number of hydrogen-bond acceptors (Lipinski definition) is 5. The number of esters is 1. The molecule has 1 N–H and O–H groups in total. The van der Waals surface area contributed by atoms with E-state index in [4.69, 9.17) is 14.2 Å². The average molecular weight is 360 g/mol. The Morgan fingerprint density at radius 2 is 1.81 bits per heavy atom. The van der Waals surface area contributed by atoms with E-state index in [9.17, 15) is 9.59 Å². The highest BCUT2D eigenvalue weighted by atomic mass is 16.5. The summed E-state index contributed by atoms with van der Waals surface area (Å²) in [5.74, 6) is 0.630. The van der Waals surface area contributed by atoms with Crippen LogP contribution in [0.4, 0.5) is 0 Å². The summed E-state index contributed by atoms with van der Waals surface area (Å²) in [4.78, 5) is 29.3. The minimum atomic E-state index is -0.463. The number of aryl methyl sites for hydroxylation is 1. The first kappa shape index (κ1) is 19.4. The van der Waals surface area contributed by atoms with Gasteiger partial charge in [-0.3, -0.25) is 4.79 Å². The highest BCUT2D eigenvalue weighted by Crippen LogP contribution is 2.26. The van der Waals surface area contributed by atoms with Crippen LogP contribution in [0.2, 0.25) is 0 Å². The highest BCUT2D eigenvalue weighted by Gasteiger charge is 2.24. The van der Waals surface area contributed by atoms with Gasteiger partial charge < -0.3 is 24.1 Å². The number of carbonyl (C=O) groups is 2. The molecular formula is C19H24N2O5. The molecule has 1 aromatic carbocycles. The maximum atomic E-state index is 12.8. The molecule has 0 aliphatic carbocycles. The summed E-state index contributed by atoms with van der Waals surface area (Å²) in [6.07, 6.45) is 0. The quantitative estimate of drug-likeness (QED) is 0.801. The third-order valence-electron chi connectivity index (χ3n) is 4.29. The zero-order valence-corrected chi connectivity index (χ0v) is 15.9. The molecule has 0 aliphatic heterocycles. The number of aromatic nitrogens is 1. The second-order valence-corrected chi connectivity index (χ2v) is 5.96. The van der Waals surface area contributed by atoms with Gasteiger partial charge in [0, 0.05) is 30.9 Å². The number of nitrogens with zero attached hydrogens (tertiary/aromatic N) is 1. The number of amides is 1. The lowest BCUT2D eigenvalue weighted by Crippen LogP contribution is -2.27. The van der Waals surface area contributed by atoms with Crippen molar-refractivity contribution in [1.82, 2.24) is 9.88 Å². The van der Waals surface area contributed by atoms with E-state index in [2.05, 4.69) is 4.98 Å². The fourth-order valence-corrected chi connectivity index (χ4v) is 2.87. The van der Waals surface area contributed by atoms with Gasteiger partial charge in [0.2, 0.25) is 0 Å². The molecular weight excluding hydrogens is 336 g/mol. The van der Waals surface area contributed by atoms with Crippen LogP contribution in [0.5, 0.6) is 11.5 Å². The van der Waals surface area contributed by atoms with E-state index in [0.717, 1.165) is 5.56 Å². The van der Waals surface area contributed by atoms with Gasteiger partial charge in [-0.25, -0.2) is 4.79 Å². The maximum Gasteiger partial charge on any atom is 0.339 e. The first-order valence-electron chi connectivity index (χ1n) is 8.07. The summed E-state index contributed by atoms with van der Waals surface area (Å²) in [5, 5.41) is 0. The number of benzene rings is 1. The molecule has 0 unspecified atom stereocenters. The Kier molecular flexibility index (Phi) is 5.92. The molecule has 7 heteroatoms. The smallest absolute Gasteiger partial charge is 0.339 e. The Labute approximate surface area is 152 Å². The summed E-state index contributed by atoms with van der Waals surface area (Å²) < 4.78 is 15.4. The molecule has 2 rings (SSSR count). The SMILES string of the molecule is COC(=O)c1c(C)[nH]c(C(=O)N(C)Cc2ccc(OC)cc2OC)c1C. The number of aromatic amines is 1. The van der Waals surface area contributed by atoms with Gasteiger partial charge in [-0.1, -0.05) is 0 Å². The van der Waals surface area contributed by atoms with E-state index in [1.54, 1.807) is 46.1 Å². The number of methoxy groups -OCH3 is 3. The van der Waals surface area contributed by atoms with E-state index in [1.807, 2.05) is 12.1 Å². The molecule has 0 aliphatic rings. The van der Waals surface area contributed by atoms with Crippen LogP contribution in [0, 0.1) is 13.8 Å². The van der Waals surface area contributed by atoms with Crippen LogP contribution in [0.1, 0.15) is 37.7 Å². The Balaban J connectivity index is 2.27. The summed E-state index contributed by atoms with van der Waals surface area (Å²) >= 11 is 0. The molecule has 0 fully saturated rings. The molecule has 0 spiro atoms. The zero-order valence-electron chi connectivity index (χ0n) is 15.9. The Morgan fingerprint density at radius 3 is 2.38 bits per heavy atom. The molecule has 0 saturated carbocycles. The number of ether oxygens (including phenoxy) is 3. The first-order valence-corrected chi connectivity index (χ1v) is 8.07. The van der Waals surface area contributed by atoms with Crippen molar-refractivity contribution >= 4 is 11.9 Å². The highest BCUT2D eigenvalue weighted by molar-refractivity contribution is 6.00. The van der Waals surface area contributed by atoms with Gasteiger partial charge in [0.1, 0.15) is 17.2 Å². The lowest BCUT2D eigenvalue weighted by atomic mass is 10.1. The van der Waals surface area contributed by atoms with Crippen LogP contribution in [0.15, 0.2) is 18.2 Å². The van der Waals surface area contributed by atoms with E-state index in [1.165, 1.54) is 7.11 Å². The fraction of sp³-hybridized carbons (Fsp3) is 0.368. The zero-order chi connectivity index (χ0) is 19.4. The minimum absolute atomic E-state index is 0.223. The van der Waals surface area contributed by atoms with E-state index in [-0.39, 0.29) is 5.91 Å². The topological polar surface area (TPSA) is 80.9 Å². The average Bonchev–Trinajstić information content (AvgIpc) is 2.94. The van der Waals surface area contributed by atoms with Crippen molar-refractivity contribution < 1.29 is 23.8 Å². The second kappa shape index (κ2) is 7.95. The van der Waals surface area contributed by atoms with Crippen molar-refractivity contribution in [3.8, 4) is 11.5 Å². The third kappa shape index (κ3) is 3.66. The lowest BCUT2D eigenvalue weighted by molar-refractivity contribution is 0.0599. The van der Waals surface area contributed by atoms with E-state index >= 15 is 0 Å². The Bertz CT molecular complexity index is 826. The second-order valence-electron chi connectivity index (χ2n) is 5.96. The molecule has 0 saturated heterocycles. The number of hydrogen-bond donors (Lipinski definition) is 1. The molecule has 140 valence electrons. The van der Waals surface area contributed by atoms with Crippen molar-refractivity contribution in [2.75, 3.05) is 28.4 Å². The molecule has 26 heavy (non-hydrogen) atoms. The number of carbonyl (C=O) groups excluding carboxylic acids is 2. The van der Waals surface area contributed by atoms with Crippen molar-refractivity contribution in [3.05, 3.63) is 46.3 Å². The summed E-state index contributed by atoms with van der Waals surface area (Å²) in [5.41, 5.74) is 2.79. The van der Waals surface area contributed by atoms with Gasteiger partial charge in [0.05, 0.1) is 26.9 Å². The largest absolute Gasteiger partial charge is 0.497 e. The molecule has 1 amide bonds. The lowest BCUT2D eigenvalue weighted by Gasteiger charge is -2.19. The van der Waals surface area contributed by atoms with E-state index < -0.39 is 5.97 Å². The molecule has 0 radical (unpaired) electrons. The maximum absolute atomic E-state index is 12.8. The fourth-order valence-electron chi connectivity index (χ4n) is 2.87. The molecule has 1 aromatic heterocycles. The van der Waals surface area contributed by atoms with Gasteiger partial charge in [-0.2, -0.15) is 0 Å². The predicted octanol–water partition coefficient (Wildman–Crippen LogP) is 2.71. The number of rotatable bonds is 6. The van der Waals surface area contributed by atoms with Gasteiger partial charge in [0.15, 0.2) is 0 Å². The molecule has 2 aromatic rings. The van der Waals surface area contributed by atoms with Crippen LogP contribution in [-0.2, 0) is 11.3 Å². The van der Waals surface area contributed by atoms with Crippen LogP contribution >= 0.6 is 0 Å². The van der Waals surface area contributed by atoms with Crippen LogP contribution in [-0.4, -0.2) is 50.1 Å². The van der Waals surface area contributed by atoms with Gasteiger partial charge >= 0.3 is 5.97 Å². The van der Waals surface area contributed by atoms with Gasteiger partial charge in [-0.15, -0.1) is 0 Å². The van der Waals surface area contributed by atoms with Crippen LogP contribution in [0.25, 0.3) is 0 Å². The summed E-state index contributed by atoms with van der Waals surface area (Å²) in [6, 6.07) is 5.44. The normalized spacial score (nSPS) is 10.4. The van der Waals surface area contributed by atoms with E-state index in [0.29, 0.717) is 40.6 Å². The standard InChI is InChI=1S/C19H24N2O5/c1-11-16(19(23)26-6)12(2)20-17(11)18(22)21(3)10-13-7-8-14(24-4)9-15(13)25-5/h7-9,20H,10H2,1-6H3. The number of H-pyrrole nitrogens is 1. The summed E-state index contributed by atoms with van der Waals surface area (Å²) in [7, 11) is 6.16. The van der Waals surface area contributed by atoms with Gasteiger partial charge in [-0.05, 0) is 31.5 Å². The molecule has 0 bridgehead atoms. The van der Waals surface area contributed by atoms with Crippen LogP contribution in [0.3, 0.4) is 0 Å². The van der Waals surface area contributed by atoms with Gasteiger partial charge in [0.25, 0.3) is 5.91 Å².